The number of benzene rings is 2. The van der Waals surface area contributed by atoms with E-state index in [2.05, 4.69) is 9.97 Å². The lowest BCUT2D eigenvalue weighted by molar-refractivity contribution is 0.0861. The maximum atomic E-state index is 12.9. The van der Waals surface area contributed by atoms with Gasteiger partial charge in [-0.1, -0.05) is 24.3 Å². The molecule has 114 valence electrons. The van der Waals surface area contributed by atoms with Crippen molar-refractivity contribution in [2.45, 2.75) is 13.3 Å². The lowest BCUT2D eigenvalue weighted by Gasteiger charge is -2.08. The van der Waals surface area contributed by atoms with E-state index in [4.69, 9.17) is 4.74 Å². The molecule has 0 bridgehead atoms. The predicted octanol–water partition coefficient (Wildman–Crippen LogP) is 4.24. The van der Waals surface area contributed by atoms with Crippen LogP contribution in [0, 0.1) is 0 Å². The minimum Gasteiger partial charge on any atom is -0.461 e. The molecule has 0 aliphatic rings. The van der Waals surface area contributed by atoms with Crippen molar-refractivity contribution in [1.82, 2.24) is 14.4 Å². The molecule has 2 heterocycles. The van der Waals surface area contributed by atoms with Crippen LogP contribution in [0.25, 0.3) is 27.9 Å². The summed E-state index contributed by atoms with van der Waals surface area (Å²) in [5, 5.41) is 0. The number of fused-ring (bicyclic) bond motifs is 3. The second-order valence-electron chi connectivity index (χ2n) is 5.30. The SMILES string of the molecule is CC(F)Oc1ccc(-c2cnc3nc4ccccc4n3c2)cc1. The fourth-order valence-electron chi connectivity index (χ4n) is 2.61. The second-order valence-corrected chi connectivity index (χ2v) is 5.30. The van der Waals surface area contributed by atoms with Gasteiger partial charge < -0.3 is 4.74 Å². The molecule has 2 aromatic heterocycles. The summed E-state index contributed by atoms with van der Waals surface area (Å²) in [6, 6.07) is 15.2. The first kappa shape index (κ1) is 13.7. The average Bonchev–Trinajstić information content (AvgIpc) is 2.93. The summed E-state index contributed by atoms with van der Waals surface area (Å²) in [7, 11) is 0. The number of imidazole rings is 1. The Kier molecular flexibility index (Phi) is 3.19. The molecule has 1 unspecified atom stereocenters. The molecule has 4 aromatic rings. The molecule has 0 saturated heterocycles. The van der Waals surface area contributed by atoms with Crippen LogP contribution in [0.5, 0.6) is 5.75 Å². The van der Waals surface area contributed by atoms with E-state index in [0.717, 1.165) is 22.2 Å². The summed E-state index contributed by atoms with van der Waals surface area (Å²) in [4.78, 5) is 8.91. The molecule has 0 fully saturated rings. The minimum atomic E-state index is -1.32. The predicted molar refractivity (Wildman–Crippen MR) is 87.1 cm³/mol. The highest BCUT2D eigenvalue weighted by atomic mass is 19.1. The molecule has 23 heavy (non-hydrogen) atoms. The van der Waals surface area contributed by atoms with Crippen LogP contribution in [-0.2, 0) is 0 Å². The Balaban J connectivity index is 1.77. The maximum absolute atomic E-state index is 12.9. The Morgan fingerprint density at radius 2 is 1.83 bits per heavy atom. The topological polar surface area (TPSA) is 39.4 Å². The van der Waals surface area contributed by atoms with E-state index >= 15 is 0 Å². The molecular weight excluding hydrogens is 293 g/mol. The Morgan fingerprint density at radius 3 is 2.61 bits per heavy atom. The van der Waals surface area contributed by atoms with Crippen molar-refractivity contribution in [2.24, 2.45) is 0 Å². The Hall–Kier alpha value is -2.95. The number of aromatic nitrogens is 3. The number of hydrogen-bond donors (Lipinski definition) is 0. The van der Waals surface area contributed by atoms with E-state index in [1.807, 2.05) is 47.0 Å². The van der Waals surface area contributed by atoms with Gasteiger partial charge in [0.2, 0.25) is 12.1 Å². The highest BCUT2D eigenvalue weighted by Gasteiger charge is 2.07. The monoisotopic (exact) mass is 307 g/mol. The molecule has 0 saturated carbocycles. The van der Waals surface area contributed by atoms with Crippen molar-refractivity contribution < 1.29 is 9.13 Å². The Labute approximate surface area is 132 Å². The Morgan fingerprint density at radius 1 is 1.04 bits per heavy atom. The second kappa shape index (κ2) is 5.35. The molecule has 2 aromatic carbocycles. The normalized spacial score (nSPS) is 12.6. The quantitative estimate of drug-likeness (QED) is 0.568. The molecule has 0 aliphatic carbocycles. The van der Waals surface area contributed by atoms with Crippen LogP contribution in [-0.4, -0.2) is 20.7 Å². The number of nitrogens with zero attached hydrogens (tertiary/aromatic N) is 3. The molecule has 0 amide bonds. The van der Waals surface area contributed by atoms with Gasteiger partial charge in [0.25, 0.3) is 0 Å². The number of rotatable bonds is 3. The lowest BCUT2D eigenvalue weighted by Crippen LogP contribution is -2.03. The summed E-state index contributed by atoms with van der Waals surface area (Å²) in [5.41, 5.74) is 3.87. The van der Waals surface area contributed by atoms with Crippen molar-refractivity contribution >= 4 is 16.8 Å². The number of hydrogen-bond acceptors (Lipinski definition) is 3. The van der Waals surface area contributed by atoms with E-state index in [1.54, 1.807) is 18.3 Å². The van der Waals surface area contributed by atoms with Gasteiger partial charge in [0, 0.05) is 24.9 Å². The summed E-state index contributed by atoms with van der Waals surface area (Å²) in [5.74, 6) is 1.17. The van der Waals surface area contributed by atoms with Crippen molar-refractivity contribution in [3.05, 3.63) is 60.9 Å². The van der Waals surface area contributed by atoms with E-state index in [9.17, 15) is 4.39 Å². The first-order chi connectivity index (χ1) is 11.2. The first-order valence-corrected chi connectivity index (χ1v) is 7.35. The van der Waals surface area contributed by atoms with Gasteiger partial charge in [-0.05, 0) is 29.8 Å². The molecular formula is C18H14FN3O. The number of para-hydroxylation sites is 2. The van der Waals surface area contributed by atoms with Crippen LogP contribution in [0.15, 0.2) is 60.9 Å². The van der Waals surface area contributed by atoms with Crippen LogP contribution < -0.4 is 4.74 Å². The highest BCUT2D eigenvalue weighted by molar-refractivity contribution is 5.80. The number of halogens is 1. The maximum Gasteiger partial charge on any atom is 0.235 e. The van der Waals surface area contributed by atoms with Gasteiger partial charge >= 0.3 is 0 Å². The summed E-state index contributed by atoms with van der Waals surface area (Å²) in [6.45, 7) is 1.36. The zero-order valence-corrected chi connectivity index (χ0v) is 12.5. The van der Waals surface area contributed by atoms with E-state index in [0.29, 0.717) is 11.5 Å². The van der Waals surface area contributed by atoms with Crippen LogP contribution in [0.1, 0.15) is 6.92 Å². The van der Waals surface area contributed by atoms with Crippen molar-refractivity contribution in [3.63, 3.8) is 0 Å². The van der Waals surface area contributed by atoms with Crippen LogP contribution >= 0.6 is 0 Å². The van der Waals surface area contributed by atoms with Gasteiger partial charge in [-0.3, -0.25) is 4.40 Å². The third kappa shape index (κ3) is 2.50. The standard InChI is InChI=1S/C18H14FN3O/c1-12(19)23-15-8-6-13(7-9-15)14-10-20-18-21-16-4-2-3-5-17(16)22(18)11-14/h2-12H,1H3. The summed E-state index contributed by atoms with van der Waals surface area (Å²) in [6.07, 6.45) is 2.47. The van der Waals surface area contributed by atoms with Gasteiger partial charge in [0.1, 0.15) is 5.75 Å². The molecule has 5 heteroatoms. The van der Waals surface area contributed by atoms with Gasteiger partial charge in [-0.2, -0.15) is 0 Å². The summed E-state index contributed by atoms with van der Waals surface area (Å²) < 4.78 is 19.8. The number of alkyl halides is 1. The molecule has 0 aliphatic heterocycles. The van der Waals surface area contributed by atoms with Crippen LogP contribution in [0.3, 0.4) is 0 Å². The van der Waals surface area contributed by atoms with Gasteiger partial charge in [-0.15, -0.1) is 0 Å². The minimum absolute atomic E-state index is 0.505. The molecule has 4 rings (SSSR count). The van der Waals surface area contributed by atoms with Gasteiger partial charge in [0.15, 0.2) is 0 Å². The molecule has 1 atom stereocenters. The third-order valence-corrected chi connectivity index (χ3v) is 3.65. The average molecular weight is 307 g/mol. The Bertz CT molecular complexity index is 977. The smallest absolute Gasteiger partial charge is 0.235 e. The highest BCUT2D eigenvalue weighted by Crippen LogP contribution is 2.24. The molecule has 0 N–H and O–H groups in total. The van der Waals surface area contributed by atoms with Crippen molar-refractivity contribution in [1.29, 1.82) is 0 Å². The van der Waals surface area contributed by atoms with Crippen molar-refractivity contribution in [3.8, 4) is 16.9 Å². The molecule has 0 spiro atoms. The van der Waals surface area contributed by atoms with Crippen LogP contribution in [0.2, 0.25) is 0 Å². The molecule has 0 radical (unpaired) electrons. The fourth-order valence-corrected chi connectivity index (χ4v) is 2.61. The lowest BCUT2D eigenvalue weighted by atomic mass is 10.1. The zero-order valence-electron chi connectivity index (χ0n) is 12.5. The fraction of sp³-hybridized carbons (Fsp3) is 0.111. The summed E-state index contributed by atoms with van der Waals surface area (Å²) >= 11 is 0. The van der Waals surface area contributed by atoms with Crippen molar-refractivity contribution in [2.75, 3.05) is 0 Å². The van der Waals surface area contributed by atoms with E-state index in [-0.39, 0.29) is 0 Å². The molecule has 4 nitrogen and oxygen atoms in total. The number of ether oxygens (including phenoxy) is 1. The van der Waals surface area contributed by atoms with E-state index in [1.165, 1.54) is 6.92 Å². The zero-order chi connectivity index (χ0) is 15.8. The largest absolute Gasteiger partial charge is 0.461 e. The van der Waals surface area contributed by atoms with Crippen LogP contribution in [0.4, 0.5) is 4.39 Å². The van der Waals surface area contributed by atoms with E-state index < -0.39 is 6.36 Å². The first-order valence-electron chi connectivity index (χ1n) is 7.35. The third-order valence-electron chi connectivity index (χ3n) is 3.65. The van der Waals surface area contributed by atoms with Gasteiger partial charge in [-0.25, -0.2) is 14.4 Å². The van der Waals surface area contributed by atoms with Gasteiger partial charge in [0.05, 0.1) is 11.0 Å².